The second-order valence-electron chi connectivity index (χ2n) is 5.33. The molecule has 1 atom stereocenters. The number of benzene rings is 1. The van der Waals surface area contributed by atoms with Crippen LogP contribution in [0.15, 0.2) is 36.7 Å². The maximum atomic E-state index is 12.4. The molecule has 2 rings (SSSR count). The van der Waals surface area contributed by atoms with Crippen LogP contribution >= 0.6 is 0 Å². The van der Waals surface area contributed by atoms with Gasteiger partial charge in [0, 0.05) is 6.54 Å². The topological polar surface area (TPSA) is 57.0 Å². The van der Waals surface area contributed by atoms with Gasteiger partial charge in [-0.05, 0) is 18.4 Å². The molecule has 5 nitrogen and oxygen atoms in total. The minimum Gasteiger partial charge on any atom is -0.465 e. The molecule has 0 bridgehead atoms. The highest BCUT2D eigenvalue weighted by Crippen LogP contribution is 2.25. The zero-order valence-electron chi connectivity index (χ0n) is 12.7. The van der Waals surface area contributed by atoms with Gasteiger partial charge < -0.3 is 9.30 Å². The third-order valence-electron chi connectivity index (χ3n) is 3.12. The highest BCUT2D eigenvalue weighted by Gasteiger charge is 2.29. The van der Waals surface area contributed by atoms with Crippen LogP contribution in [-0.4, -0.2) is 27.3 Å². The molecule has 0 fully saturated rings. The Hall–Kier alpha value is -2.17. The highest BCUT2D eigenvalue weighted by atomic mass is 16.5. The van der Waals surface area contributed by atoms with E-state index < -0.39 is 5.92 Å². The molecule has 112 valence electrons. The van der Waals surface area contributed by atoms with E-state index in [1.165, 1.54) is 0 Å². The van der Waals surface area contributed by atoms with Crippen molar-refractivity contribution in [3.63, 3.8) is 0 Å². The highest BCUT2D eigenvalue weighted by molar-refractivity contribution is 5.81. The Morgan fingerprint density at radius 2 is 2.00 bits per heavy atom. The molecular formula is C16H21N3O2. The van der Waals surface area contributed by atoms with Gasteiger partial charge >= 0.3 is 5.97 Å². The fraction of sp³-hybridized carbons (Fsp3) is 0.438. The van der Waals surface area contributed by atoms with Crippen molar-refractivity contribution in [3.05, 3.63) is 48.0 Å². The van der Waals surface area contributed by atoms with E-state index in [1.54, 1.807) is 13.3 Å². The molecule has 21 heavy (non-hydrogen) atoms. The summed E-state index contributed by atoms with van der Waals surface area (Å²) in [5.41, 5.74) is 0.869. The van der Waals surface area contributed by atoms with Crippen molar-refractivity contribution in [2.75, 3.05) is 6.61 Å². The van der Waals surface area contributed by atoms with Crippen LogP contribution in [0.4, 0.5) is 0 Å². The maximum absolute atomic E-state index is 12.4. The monoisotopic (exact) mass is 287 g/mol. The van der Waals surface area contributed by atoms with E-state index in [1.807, 2.05) is 34.9 Å². The predicted molar refractivity (Wildman–Crippen MR) is 79.8 cm³/mol. The molecule has 5 heteroatoms. The van der Waals surface area contributed by atoms with Crippen LogP contribution in [0, 0.1) is 5.92 Å². The third-order valence-corrected chi connectivity index (χ3v) is 3.12. The number of esters is 1. The minimum absolute atomic E-state index is 0.290. The van der Waals surface area contributed by atoms with Crippen molar-refractivity contribution < 1.29 is 9.53 Å². The minimum atomic E-state index is -0.535. The second-order valence-corrected chi connectivity index (χ2v) is 5.33. The quantitative estimate of drug-likeness (QED) is 0.766. The Bertz CT molecular complexity index is 578. The standard InChI is InChI=1S/C16H21N3O2/c1-4-21-16(20)14(13-8-6-5-7-9-13)15-18-17-11-19(15)10-12(2)3/h5-9,11-12,14H,4,10H2,1-3H3. The van der Waals surface area contributed by atoms with E-state index in [2.05, 4.69) is 24.0 Å². The summed E-state index contributed by atoms with van der Waals surface area (Å²) in [6.07, 6.45) is 1.67. The predicted octanol–water partition coefficient (Wildman–Crippen LogP) is 2.63. The second kappa shape index (κ2) is 7.02. The first-order valence-electron chi connectivity index (χ1n) is 7.22. The maximum Gasteiger partial charge on any atom is 0.321 e. The summed E-state index contributed by atoms with van der Waals surface area (Å²) in [7, 11) is 0. The smallest absolute Gasteiger partial charge is 0.321 e. The molecule has 0 aliphatic carbocycles. The average Bonchev–Trinajstić information content (AvgIpc) is 2.88. The summed E-state index contributed by atoms with van der Waals surface area (Å²) in [6.45, 7) is 7.15. The van der Waals surface area contributed by atoms with E-state index in [0.717, 1.165) is 12.1 Å². The Morgan fingerprint density at radius 3 is 2.62 bits per heavy atom. The van der Waals surface area contributed by atoms with Crippen LogP contribution in [0.3, 0.4) is 0 Å². The molecule has 0 radical (unpaired) electrons. The van der Waals surface area contributed by atoms with Gasteiger partial charge in [-0.3, -0.25) is 4.79 Å². The lowest BCUT2D eigenvalue weighted by Crippen LogP contribution is -2.22. The Morgan fingerprint density at radius 1 is 1.29 bits per heavy atom. The number of hydrogen-bond donors (Lipinski definition) is 0. The Balaban J connectivity index is 2.41. The first kappa shape index (κ1) is 15.2. The van der Waals surface area contributed by atoms with Crippen LogP contribution in [0.1, 0.15) is 38.1 Å². The zero-order valence-corrected chi connectivity index (χ0v) is 12.7. The number of carbonyl (C=O) groups is 1. The van der Waals surface area contributed by atoms with Gasteiger partial charge in [0.2, 0.25) is 0 Å². The third kappa shape index (κ3) is 3.68. The van der Waals surface area contributed by atoms with Gasteiger partial charge in [-0.2, -0.15) is 0 Å². The lowest BCUT2D eigenvalue weighted by Gasteiger charge is -2.17. The summed E-state index contributed by atoms with van der Waals surface area (Å²) in [6, 6.07) is 9.56. The van der Waals surface area contributed by atoms with Crippen molar-refractivity contribution in [1.29, 1.82) is 0 Å². The molecule has 0 N–H and O–H groups in total. The number of nitrogens with zero attached hydrogens (tertiary/aromatic N) is 3. The molecule has 1 aromatic carbocycles. The molecular weight excluding hydrogens is 266 g/mol. The van der Waals surface area contributed by atoms with E-state index >= 15 is 0 Å². The number of ether oxygens (including phenoxy) is 1. The van der Waals surface area contributed by atoms with Gasteiger partial charge in [0.05, 0.1) is 6.61 Å². The van der Waals surface area contributed by atoms with Crippen molar-refractivity contribution in [1.82, 2.24) is 14.8 Å². The Labute approximate surface area is 125 Å². The van der Waals surface area contributed by atoms with Gasteiger partial charge in [0.25, 0.3) is 0 Å². The lowest BCUT2D eigenvalue weighted by atomic mass is 9.98. The van der Waals surface area contributed by atoms with Crippen molar-refractivity contribution >= 4 is 5.97 Å². The van der Waals surface area contributed by atoms with Crippen LogP contribution in [0.25, 0.3) is 0 Å². The largest absolute Gasteiger partial charge is 0.465 e. The van der Waals surface area contributed by atoms with Crippen LogP contribution < -0.4 is 0 Å². The molecule has 0 saturated heterocycles. The molecule has 0 saturated carbocycles. The number of hydrogen-bond acceptors (Lipinski definition) is 4. The Kier molecular flexibility index (Phi) is 5.09. The van der Waals surface area contributed by atoms with Gasteiger partial charge in [-0.25, -0.2) is 0 Å². The lowest BCUT2D eigenvalue weighted by molar-refractivity contribution is -0.144. The fourth-order valence-corrected chi connectivity index (χ4v) is 2.28. The average molecular weight is 287 g/mol. The van der Waals surface area contributed by atoms with Gasteiger partial charge in [0.15, 0.2) is 5.82 Å². The molecule has 1 aromatic heterocycles. The molecule has 1 heterocycles. The van der Waals surface area contributed by atoms with Crippen molar-refractivity contribution in [2.45, 2.75) is 33.2 Å². The molecule has 0 aliphatic heterocycles. The first-order valence-corrected chi connectivity index (χ1v) is 7.22. The summed E-state index contributed by atoms with van der Waals surface area (Å²) in [5, 5.41) is 8.13. The zero-order chi connectivity index (χ0) is 15.2. The SMILES string of the molecule is CCOC(=O)C(c1ccccc1)c1nncn1CC(C)C. The van der Waals surface area contributed by atoms with Crippen LogP contribution in [0.2, 0.25) is 0 Å². The van der Waals surface area contributed by atoms with E-state index in [9.17, 15) is 4.79 Å². The van der Waals surface area contributed by atoms with Crippen molar-refractivity contribution in [3.8, 4) is 0 Å². The van der Waals surface area contributed by atoms with Crippen LogP contribution in [-0.2, 0) is 16.1 Å². The van der Waals surface area contributed by atoms with E-state index in [-0.39, 0.29) is 5.97 Å². The summed E-state index contributed by atoms with van der Waals surface area (Å²) in [4.78, 5) is 12.4. The molecule has 0 spiro atoms. The summed E-state index contributed by atoms with van der Waals surface area (Å²) >= 11 is 0. The molecule has 0 amide bonds. The van der Waals surface area contributed by atoms with Crippen molar-refractivity contribution in [2.24, 2.45) is 5.92 Å². The number of aromatic nitrogens is 3. The number of carbonyl (C=O) groups excluding carboxylic acids is 1. The summed E-state index contributed by atoms with van der Waals surface area (Å²) < 4.78 is 7.15. The van der Waals surface area contributed by atoms with Gasteiger partial charge in [-0.1, -0.05) is 44.2 Å². The fourth-order valence-electron chi connectivity index (χ4n) is 2.28. The normalized spacial score (nSPS) is 12.4. The molecule has 1 unspecified atom stereocenters. The van der Waals surface area contributed by atoms with Gasteiger partial charge in [0.1, 0.15) is 12.2 Å². The summed E-state index contributed by atoms with van der Waals surface area (Å²) in [5.74, 6) is 0.251. The van der Waals surface area contributed by atoms with Crippen LogP contribution in [0.5, 0.6) is 0 Å². The number of rotatable bonds is 6. The first-order chi connectivity index (χ1) is 10.1. The van der Waals surface area contributed by atoms with Gasteiger partial charge in [-0.15, -0.1) is 10.2 Å². The van der Waals surface area contributed by atoms with E-state index in [4.69, 9.17) is 4.74 Å². The molecule has 2 aromatic rings. The molecule has 0 aliphatic rings. The van der Waals surface area contributed by atoms with E-state index in [0.29, 0.717) is 18.3 Å².